The lowest BCUT2D eigenvalue weighted by atomic mass is 10.1. The summed E-state index contributed by atoms with van der Waals surface area (Å²) >= 11 is 3.41. The number of aromatic amines is 2. The zero-order valence-electron chi connectivity index (χ0n) is 9.07. The van der Waals surface area contributed by atoms with Crippen LogP contribution in [0.5, 0.6) is 0 Å². The minimum Gasteiger partial charge on any atom is -0.478 e. The van der Waals surface area contributed by atoms with Crippen molar-refractivity contribution in [2.24, 2.45) is 0 Å². The number of carbonyl (C=O) groups is 1. The Hall–Kier alpha value is -2.08. The van der Waals surface area contributed by atoms with Crippen molar-refractivity contribution in [2.75, 3.05) is 0 Å². The van der Waals surface area contributed by atoms with Gasteiger partial charge < -0.3 is 10.1 Å². The Morgan fingerprint density at radius 2 is 2.22 bits per heavy atom. The second kappa shape index (κ2) is 3.99. The van der Waals surface area contributed by atoms with Gasteiger partial charge in [0.2, 0.25) is 0 Å². The molecule has 3 aromatic rings. The molecule has 2 aromatic heterocycles. The third-order valence-electron chi connectivity index (χ3n) is 2.78. The maximum Gasteiger partial charge on any atom is 0.339 e. The summed E-state index contributed by atoms with van der Waals surface area (Å²) in [5.41, 5.74) is 2.41. The molecule has 1 aromatic carbocycles. The smallest absolute Gasteiger partial charge is 0.339 e. The van der Waals surface area contributed by atoms with E-state index in [1.165, 1.54) is 6.20 Å². The molecule has 0 amide bonds. The zero-order chi connectivity index (χ0) is 12.7. The molecular formula is C12H8BrN3O2. The van der Waals surface area contributed by atoms with E-state index in [2.05, 4.69) is 31.1 Å². The van der Waals surface area contributed by atoms with Crippen LogP contribution < -0.4 is 0 Å². The molecule has 0 bridgehead atoms. The van der Waals surface area contributed by atoms with Crippen molar-refractivity contribution in [3.8, 4) is 11.3 Å². The predicted molar refractivity (Wildman–Crippen MR) is 70.5 cm³/mol. The number of nitrogens with zero attached hydrogens (tertiary/aromatic N) is 1. The highest BCUT2D eigenvalue weighted by molar-refractivity contribution is 9.10. The first kappa shape index (κ1) is 11.0. The lowest BCUT2D eigenvalue weighted by Gasteiger charge is -1.98. The van der Waals surface area contributed by atoms with Gasteiger partial charge in [0.1, 0.15) is 5.56 Å². The quantitative estimate of drug-likeness (QED) is 0.680. The van der Waals surface area contributed by atoms with E-state index in [0.29, 0.717) is 5.69 Å². The van der Waals surface area contributed by atoms with Crippen molar-refractivity contribution in [3.05, 3.63) is 40.6 Å². The van der Waals surface area contributed by atoms with Crippen molar-refractivity contribution < 1.29 is 9.90 Å². The molecule has 6 heteroatoms. The Kier molecular flexibility index (Phi) is 2.45. The van der Waals surface area contributed by atoms with Crippen LogP contribution in [0.2, 0.25) is 0 Å². The monoisotopic (exact) mass is 305 g/mol. The first-order valence-corrected chi connectivity index (χ1v) is 6.00. The highest BCUT2D eigenvalue weighted by atomic mass is 79.9. The molecule has 90 valence electrons. The number of nitrogens with one attached hydrogen (secondary N) is 2. The molecule has 0 fully saturated rings. The second-order valence-corrected chi connectivity index (χ2v) is 4.77. The first-order chi connectivity index (χ1) is 8.66. The summed E-state index contributed by atoms with van der Waals surface area (Å²) < 4.78 is 0.937. The van der Waals surface area contributed by atoms with E-state index in [4.69, 9.17) is 5.11 Å². The molecule has 0 atom stereocenters. The molecule has 0 aliphatic carbocycles. The molecule has 0 aliphatic heterocycles. The van der Waals surface area contributed by atoms with E-state index in [9.17, 15) is 4.79 Å². The van der Waals surface area contributed by atoms with E-state index in [-0.39, 0.29) is 5.56 Å². The Balaban J connectivity index is 2.28. The zero-order valence-corrected chi connectivity index (χ0v) is 10.7. The summed E-state index contributed by atoms with van der Waals surface area (Å²) in [5, 5.41) is 16.6. The summed E-state index contributed by atoms with van der Waals surface area (Å²) in [5.74, 6) is -0.997. The van der Waals surface area contributed by atoms with Crippen LogP contribution in [-0.2, 0) is 0 Å². The van der Waals surface area contributed by atoms with Crippen LogP contribution in [0, 0.1) is 0 Å². The normalized spacial score (nSPS) is 10.9. The number of hydrogen-bond acceptors (Lipinski definition) is 2. The molecule has 0 aliphatic rings. The largest absolute Gasteiger partial charge is 0.478 e. The van der Waals surface area contributed by atoms with Crippen molar-refractivity contribution in [2.45, 2.75) is 0 Å². The van der Waals surface area contributed by atoms with Gasteiger partial charge in [-0.15, -0.1) is 0 Å². The summed E-state index contributed by atoms with van der Waals surface area (Å²) in [4.78, 5) is 14.2. The van der Waals surface area contributed by atoms with E-state index in [1.54, 1.807) is 6.20 Å². The highest BCUT2D eigenvalue weighted by Gasteiger charge is 2.17. The average molecular weight is 306 g/mol. The molecule has 0 saturated heterocycles. The summed E-state index contributed by atoms with van der Waals surface area (Å²) in [7, 11) is 0. The Bertz CT molecular complexity index is 745. The molecule has 0 saturated carbocycles. The minimum absolute atomic E-state index is 0.163. The number of hydrogen-bond donors (Lipinski definition) is 3. The standard InChI is InChI=1S/C12H8BrN3O2/c13-6-1-2-10-7(3-6)8(4-14-10)11-9(12(17)18)5-15-16-11/h1-5,14H,(H,15,16)(H,17,18). The number of H-pyrrole nitrogens is 2. The number of aromatic carboxylic acids is 1. The van der Waals surface area contributed by atoms with Gasteiger partial charge in [-0.25, -0.2) is 4.79 Å². The van der Waals surface area contributed by atoms with E-state index >= 15 is 0 Å². The molecule has 0 spiro atoms. The van der Waals surface area contributed by atoms with E-state index < -0.39 is 5.97 Å². The lowest BCUT2D eigenvalue weighted by molar-refractivity contribution is 0.0698. The van der Waals surface area contributed by atoms with Gasteiger partial charge >= 0.3 is 5.97 Å². The third-order valence-corrected chi connectivity index (χ3v) is 3.28. The van der Waals surface area contributed by atoms with Gasteiger partial charge in [0.15, 0.2) is 0 Å². The third kappa shape index (κ3) is 1.62. The van der Waals surface area contributed by atoms with Crippen molar-refractivity contribution in [1.82, 2.24) is 15.2 Å². The Morgan fingerprint density at radius 3 is 3.00 bits per heavy atom. The average Bonchev–Trinajstić information content (AvgIpc) is 2.92. The maximum absolute atomic E-state index is 11.1. The number of carboxylic acid groups (broad SMARTS) is 1. The minimum atomic E-state index is -0.997. The van der Waals surface area contributed by atoms with E-state index in [0.717, 1.165) is 20.9 Å². The molecule has 0 unspecified atom stereocenters. The summed E-state index contributed by atoms with van der Waals surface area (Å²) in [6.07, 6.45) is 3.09. The highest BCUT2D eigenvalue weighted by Crippen LogP contribution is 2.31. The van der Waals surface area contributed by atoms with Crippen LogP contribution in [-0.4, -0.2) is 26.3 Å². The second-order valence-electron chi connectivity index (χ2n) is 3.86. The molecule has 2 heterocycles. The van der Waals surface area contributed by atoms with Gasteiger partial charge in [0, 0.05) is 27.1 Å². The number of halogens is 1. The topological polar surface area (TPSA) is 81.8 Å². The van der Waals surface area contributed by atoms with Gasteiger partial charge in [-0.2, -0.15) is 5.10 Å². The van der Waals surface area contributed by atoms with Crippen LogP contribution in [0.4, 0.5) is 0 Å². The van der Waals surface area contributed by atoms with Crippen LogP contribution in [0.1, 0.15) is 10.4 Å². The van der Waals surface area contributed by atoms with Gasteiger partial charge in [-0.1, -0.05) is 15.9 Å². The Labute approximate surface area is 110 Å². The number of benzene rings is 1. The van der Waals surface area contributed by atoms with Crippen LogP contribution in [0.25, 0.3) is 22.2 Å². The Morgan fingerprint density at radius 1 is 1.39 bits per heavy atom. The fourth-order valence-electron chi connectivity index (χ4n) is 1.95. The van der Waals surface area contributed by atoms with Crippen LogP contribution in [0.15, 0.2) is 35.1 Å². The van der Waals surface area contributed by atoms with Gasteiger partial charge in [0.25, 0.3) is 0 Å². The molecule has 3 N–H and O–H groups in total. The number of carboxylic acids is 1. The van der Waals surface area contributed by atoms with Crippen LogP contribution in [0.3, 0.4) is 0 Å². The molecule has 5 nitrogen and oxygen atoms in total. The van der Waals surface area contributed by atoms with Crippen molar-refractivity contribution >= 4 is 32.8 Å². The van der Waals surface area contributed by atoms with Crippen LogP contribution >= 0.6 is 15.9 Å². The molecule has 0 radical (unpaired) electrons. The molecule has 18 heavy (non-hydrogen) atoms. The lowest BCUT2D eigenvalue weighted by Crippen LogP contribution is -1.96. The maximum atomic E-state index is 11.1. The number of fused-ring (bicyclic) bond motifs is 1. The summed E-state index contributed by atoms with van der Waals surface area (Å²) in [6.45, 7) is 0. The summed E-state index contributed by atoms with van der Waals surface area (Å²) in [6, 6.07) is 5.79. The van der Waals surface area contributed by atoms with Gasteiger partial charge in [0.05, 0.1) is 11.9 Å². The van der Waals surface area contributed by atoms with E-state index in [1.807, 2.05) is 18.2 Å². The number of aromatic nitrogens is 3. The SMILES string of the molecule is O=C(O)c1cn[nH]c1-c1c[nH]c2ccc(Br)cc12. The number of rotatable bonds is 2. The van der Waals surface area contributed by atoms with Crippen molar-refractivity contribution in [3.63, 3.8) is 0 Å². The fourth-order valence-corrected chi connectivity index (χ4v) is 2.31. The predicted octanol–water partition coefficient (Wildman–Crippen LogP) is 3.02. The van der Waals surface area contributed by atoms with Gasteiger partial charge in [-0.3, -0.25) is 5.10 Å². The van der Waals surface area contributed by atoms with Crippen molar-refractivity contribution in [1.29, 1.82) is 0 Å². The molecule has 3 rings (SSSR count). The van der Waals surface area contributed by atoms with Gasteiger partial charge in [-0.05, 0) is 18.2 Å². The molecular weight excluding hydrogens is 298 g/mol. The fraction of sp³-hybridized carbons (Fsp3) is 0. The first-order valence-electron chi connectivity index (χ1n) is 5.20.